The number of benzene rings is 1. The predicted molar refractivity (Wildman–Crippen MR) is 60.0 cm³/mol. The van der Waals surface area contributed by atoms with Gasteiger partial charge in [0.1, 0.15) is 12.4 Å². The fourth-order valence-electron chi connectivity index (χ4n) is 1.21. The zero-order valence-corrected chi connectivity index (χ0v) is 10.1. The summed E-state index contributed by atoms with van der Waals surface area (Å²) in [4.78, 5) is 21.9. The van der Waals surface area contributed by atoms with Gasteiger partial charge in [-0.05, 0) is 33.6 Å². The number of hydrogen-bond donors (Lipinski definition) is 0. The first-order valence-corrected chi connectivity index (χ1v) is 5.16. The lowest BCUT2D eigenvalue weighted by Crippen LogP contribution is -2.07. The molecule has 0 aromatic heterocycles. The van der Waals surface area contributed by atoms with Crippen LogP contribution in [0.15, 0.2) is 16.6 Å². The molecule has 0 bridgehead atoms. The van der Waals surface area contributed by atoms with Crippen molar-refractivity contribution < 1.29 is 14.3 Å². The van der Waals surface area contributed by atoms with Crippen molar-refractivity contribution in [2.24, 2.45) is 0 Å². The zero-order chi connectivity index (χ0) is 12.1. The van der Waals surface area contributed by atoms with Crippen LogP contribution in [0.2, 0.25) is 0 Å². The van der Waals surface area contributed by atoms with E-state index in [-0.39, 0.29) is 6.42 Å². The van der Waals surface area contributed by atoms with Gasteiger partial charge in [0.2, 0.25) is 0 Å². The largest absolute Gasteiger partial charge is 0.469 e. The number of carbonyl (C=O) groups excluding carboxylic acids is 2. The summed E-state index contributed by atoms with van der Waals surface area (Å²) < 4.78 is 5.07. The maximum absolute atomic E-state index is 11.1. The van der Waals surface area contributed by atoms with Crippen LogP contribution in [0.4, 0.5) is 0 Å². The molecule has 0 saturated heterocycles. The fraction of sp³-hybridized carbons (Fsp3) is 0.182. The summed E-state index contributed by atoms with van der Waals surface area (Å²) in [5.41, 5.74) is 1.22. The summed E-state index contributed by atoms with van der Waals surface area (Å²) >= 11 is 3.19. The Bertz CT molecular complexity index is 477. The molecule has 0 aliphatic rings. The van der Waals surface area contributed by atoms with Gasteiger partial charge in [-0.1, -0.05) is 0 Å². The van der Waals surface area contributed by atoms with Gasteiger partial charge >= 0.3 is 5.97 Å². The van der Waals surface area contributed by atoms with Crippen molar-refractivity contribution in [2.75, 3.05) is 7.11 Å². The molecule has 0 amide bonds. The van der Waals surface area contributed by atoms with Gasteiger partial charge in [0.15, 0.2) is 0 Å². The molecule has 0 N–H and O–H groups in total. The van der Waals surface area contributed by atoms with Crippen molar-refractivity contribution in [3.63, 3.8) is 0 Å². The Kier molecular flexibility index (Phi) is 4.20. The summed E-state index contributed by atoms with van der Waals surface area (Å²) in [6, 6.07) is 4.96. The van der Waals surface area contributed by atoms with Crippen LogP contribution in [-0.2, 0) is 16.0 Å². The average Bonchev–Trinajstić information content (AvgIpc) is 2.29. The number of nitrogens with zero attached hydrogens (tertiary/aromatic N) is 1. The van der Waals surface area contributed by atoms with E-state index in [9.17, 15) is 9.59 Å². The Morgan fingerprint density at radius 3 is 2.81 bits per heavy atom. The number of rotatable bonds is 3. The van der Waals surface area contributed by atoms with Crippen molar-refractivity contribution in [1.29, 1.82) is 5.26 Å². The third kappa shape index (κ3) is 2.67. The number of nitriles is 1. The van der Waals surface area contributed by atoms with E-state index in [0.717, 1.165) is 0 Å². The van der Waals surface area contributed by atoms with Gasteiger partial charge in [-0.3, -0.25) is 9.59 Å². The molecule has 82 valence electrons. The Balaban J connectivity index is 3.19. The van der Waals surface area contributed by atoms with Crippen molar-refractivity contribution >= 4 is 28.2 Å². The number of esters is 1. The molecular weight excluding hydrogens is 274 g/mol. The van der Waals surface area contributed by atoms with E-state index in [2.05, 4.69) is 20.7 Å². The first-order valence-electron chi connectivity index (χ1n) is 4.37. The Morgan fingerprint density at radius 1 is 1.62 bits per heavy atom. The van der Waals surface area contributed by atoms with E-state index in [1.54, 1.807) is 6.07 Å². The highest BCUT2D eigenvalue weighted by molar-refractivity contribution is 9.10. The van der Waals surface area contributed by atoms with Gasteiger partial charge in [0.05, 0.1) is 19.1 Å². The van der Waals surface area contributed by atoms with E-state index in [1.165, 1.54) is 13.2 Å². The Morgan fingerprint density at radius 2 is 2.31 bits per heavy atom. The van der Waals surface area contributed by atoms with Crippen molar-refractivity contribution in [1.82, 2.24) is 0 Å². The molecule has 0 aliphatic carbocycles. The SMILES string of the molecule is COC(=O)Cc1cc(Br)c(C#N)cc1C=O. The number of ether oxygens (including phenoxy) is 1. The molecule has 1 rings (SSSR count). The summed E-state index contributed by atoms with van der Waals surface area (Å²) in [5, 5.41) is 8.77. The average molecular weight is 282 g/mol. The summed E-state index contributed by atoms with van der Waals surface area (Å²) in [7, 11) is 1.28. The minimum Gasteiger partial charge on any atom is -0.469 e. The van der Waals surface area contributed by atoms with Crippen LogP contribution in [-0.4, -0.2) is 19.4 Å². The van der Waals surface area contributed by atoms with E-state index in [1.807, 2.05) is 6.07 Å². The molecule has 4 nitrogen and oxygen atoms in total. The molecule has 0 aliphatic heterocycles. The number of aldehydes is 1. The van der Waals surface area contributed by atoms with Crippen LogP contribution in [0, 0.1) is 11.3 Å². The van der Waals surface area contributed by atoms with Gasteiger partial charge < -0.3 is 4.74 Å². The third-order valence-electron chi connectivity index (χ3n) is 2.04. The fourth-order valence-corrected chi connectivity index (χ4v) is 1.69. The lowest BCUT2D eigenvalue weighted by molar-refractivity contribution is -0.139. The van der Waals surface area contributed by atoms with Gasteiger partial charge in [-0.2, -0.15) is 5.26 Å². The van der Waals surface area contributed by atoms with Crippen LogP contribution >= 0.6 is 15.9 Å². The molecule has 1 aromatic rings. The standard InChI is InChI=1S/C11H8BrNO3/c1-16-11(15)4-7-3-10(12)8(5-13)2-9(7)6-14/h2-3,6H,4H2,1H3. The Labute approximate surface area is 101 Å². The smallest absolute Gasteiger partial charge is 0.310 e. The molecular formula is C11H8BrNO3. The van der Waals surface area contributed by atoms with Gasteiger partial charge in [0.25, 0.3) is 0 Å². The molecule has 0 radical (unpaired) electrons. The number of carbonyl (C=O) groups is 2. The molecule has 0 saturated carbocycles. The second-order valence-corrected chi connectivity index (χ2v) is 3.87. The molecule has 1 aromatic carbocycles. The highest BCUT2D eigenvalue weighted by Gasteiger charge is 2.11. The lowest BCUT2D eigenvalue weighted by atomic mass is 10.0. The number of halogens is 1. The second-order valence-electron chi connectivity index (χ2n) is 3.01. The van der Waals surface area contributed by atoms with E-state index < -0.39 is 5.97 Å². The number of hydrogen-bond acceptors (Lipinski definition) is 4. The monoisotopic (exact) mass is 281 g/mol. The molecule has 0 heterocycles. The first-order chi connectivity index (χ1) is 7.62. The Hall–Kier alpha value is -1.67. The molecule has 16 heavy (non-hydrogen) atoms. The van der Waals surface area contributed by atoms with Crippen molar-refractivity contribution in [3.8, 4) is 6.07 Å². The molecule has 0 spiro atoms. The summed E-state index contributed by atoms with van der Waals surface area (Å²) in [5.74, 6) is -0.431. The van der Waals surface area contributed by atoms with Crippen LogP contribution < -0.4 is 0 Å². The van der Waals surface area contributed by atoms with E-state index >= 15 is 0 Å². The van der Waals surface area contributed by atoms with Gasteiger partial charge in [-0.15, -0.1) is 0 Å². The normalized spacial score (nSPS) is 9.31. The predicted octanol–water partition coefficient (Wildman–Crippen LogP) is 1.85. The quantitative estimate of drug-likeness (QED) is 0.626. The van der Waals surface area contributed by atoms with Crippen molar-refractivity contribution in [2.45, 2.75) is 6.42 Å². The van der Waals surface area contributed by atoms with E-state index in [4.69, 9.17) is 5.26 Å². The van der Waals surface area contributed by atoms with Gasteiger partial charge in [-0.25, -0.2) is 0 Å². The van der Waals surface area contributed by atoms with Crippen LogP contribution in [0.5, 0.6) is 0 Å². The van der Waals surface area contributed by atoms with Crippen molar-refractivity contribution in [3.05, 3.63) is 33.3 Å². The maximum Gasteiger partial charge on any atom is 0.310 e. The topological polar surface area (TPSA) is 67.2 Å². The second kappa shape index (κ2) is 5.42. The maximum atomic E-state index is 11.1. The van der Waals surface area contributed by atoms with Crippen LogP contribution in [0.1, 0.15) is 21.5 Å². The highest BCUT2D eigenvalue weighted by Crippen LogP contribution is 2.21. The first kappa shape index (κ1) is 12.4. The van der Waals surface area contributed by atoms with Crippen LogP contribution in [0.25, 0.3) is 0 Å². The minimum atomic E-state index is -0.431. The van der Waals surface area contributed by atoms with Gasteiger partial charge in [0, 0.05) is 10.0 Å². The molecule has 5 heteroatoms. The molecule has 0 unspecified atom stereocenters. The zero-order valence-electron chi connectivity index (χ0n) is 8.49. The molecule has 0 atom stereocenters. The van der Waals surface area contributed by atoms with E-state index in [0.29, 0.717) is 27.4 Å². The summed E-state index contributed by atoms with van der Waals surface area (Å²) in [6.07, 6.45) is 0.625. The number of methoxy groups -OCH3 is 1. The minimum absolute atomic E-state index is 0.00881. The molecule has 0 fully saturated rings. The van der Waals surface area contributed by atoms with Crippen LogP contribution in [0.3, 0.4) is 0 Å². The highest BCUT2D eigenvalue weighted by atomic mass is 79.9. The summed E-state index contributed by atoms with van der Waals surface area (Å²) in [6.45, 7) is 0. The lowest BCUT2D eigenvalue weighted by Gasteiger charge is -2.05. The third-order valence-corrected chi connectivity index (χ3v) is 2.69.